The van der Waals surface area contributed by atoms with E-state index in [0.29, 0.717) is 102 Å². The van der Waals surface area contributed by atoms with Gasteiger partial charge < -0.3 is 95.0 Å². The van der Waals surface area contributed by atoms with Crippen LogP contribution in [0.25, 0.3) is 73.1 Å². The third-order valence-electron chi connectivity index (χ3n) is 28.9. The van der Waals surface area contributed by atoms with Crippen molar-refractivity contribution < 1.29 is 95.0 Å². The molecule has 5 N–H and O–H groups in total. The Balaban J connectivity index is 0.000000123. The van der Waals surface area contributed by atoms with Crippen LogP contribution in [0.1, 0.15) is 332 Å². The Hall–Kier alpha value is -10.8. The van der Waals surface area contributed by atoms with E-state index in [1.807, 2.05) is 147 Å². The fourth-order valence-electron chi connectivity index (χ4n) is 20.5. The summed E-state index contributed by atoms with van der Waals surface area (Å²) in [5.74, 6) is 5.88. The molecule has 0 saturated carbocycles. The number of rotatable bonds is 10. The van der Waals surface area contributed by atoms with Gasteiger partial charge in [0.05, 0.1) is 102 Å². The van der Waals surface area contributed by atoms with Gasteiger partial charge in [0.25, 0.3) is 0 Å². The van der Waals surface area contributed by atoms with E-state index in [1.54, 1.807) is 12.1 Å². The van der Waals surface area contributed by atoms with Gasteiger partial charge in [-0.1, -0.05) is 101 Å². The van der Waals surface area contributed by atoms with E-state index in [9.17, 15) is 49.5 Å². The summed E-state index contributed by atoms with van der Waals surface area (Å²) >= 11 is 0. The molecule has 0 amide bonds. The van der Waals surface area contributed by atoms with Gasteiger partial charge in [0.1, 0.15) is 116 Å². The topological polar surface area (TPSA) is 344 Å². The standard InChI is InChI=1S/2C22H28O5.3C22H26O5/c5*1-6-7-13-10-15(23)26-21-16(13)20-14(8-9-22(4,5)27-20)19-17(21)18(24)11(2)12(3)25-19/h2*10-12,18,24H,6-9H2,1-5H3;3*8-12,18,24H,6-7H2,1-5H3/t11-,12-,18+;11-,12-,18-;11-,12-,18+;2*11-,12-,18-/m11110/s1. The van der Waals surface area contributed by atoms with E-state index in [1.165, 1.54) is 18.2 Å². The highest BCUT2D eigenvalue weighted by Crippen LogP contribution is 2.60. The predicted molar refractivity (Wildman–Crippen MR) is 521 cm³/mol. The molecule has 5 aromatic heterocycles. The number of aliphatic hydroxyl groups excluding tert-OH is 5. The number of benzene rings is 5. The molecule has 135 heavy (non-hydrogen) atoms. The van der Waals surface area contributed by atoms with Crippen molar-refractivity contribution in [3.8, 4) is 57.5 Å². The molecule has 5 aromatic carbocycles. The first-order valence-electron chi connectivity index (χ1n) is 48.7. The summed E-state index contributed by atoms with van der Waals surface area (Å²) in [6, 6.07) is 7.73. The highest BCUT2D eigenvalue weighted by Gasteiger charge is 2.48. The molecule has 25 heteroatoms. The minimum atomic E-state index is -0.778. The third kappa shape index (κ3) is 17.8. The fourth-order valence-corrected chi connectivity index (χ4v) is 20.5. The number of ether oxygens (including phenoxy) is 10. The van der Waals surface area contributed by atoms with E-state index in [2.05, 4.69) is 62.3 Å². The predicted octanol–water partition coefficient (Wildman–Crippen LogP) is 21.7. The van der Waals surface area contributed by atoms with E-state index < -0.39 is 75.5 Å². The van der Waals surface area contributed by atoms with Gasteiger partial charge in [-0.3, -0.25) is 0 Å². The van der Waals surface area contributed by atoms with Crippen LogP contribution in [0, 0.1) is 29.6 Å². The van der Waals surface area contributed by atoms with E-state index in [-0.39, 0.29) is 71.3 Å². The molecule has 0 spiro atoms. The number of hydrogen-bond acceptors (Lipinski definition) is 25. The van der Waals surface area contributed by atoms with Gasteiger partial charge in [0.2, 0.25) is 0 Å². The lowest BCUT2D eigenvalue weighted by molar-refractivity contribution is 0.0146. The van der Waals surface area contributed by atoms with Crippen LogP contribution in [-0.4, -0.2) is 84.1 Å². The lowest BCUT2D eigenvalue weighted by Gasteiger charge is -2.39. The van der Waals surface area contributed by atoms with Crippen molar-refractivity contribution in [3.05, 3.63) is 184 Å². The van der Waals surface area contributed by atoms with Crippen LogP contribution in [0.4, 0.5) is 0 Å². The van der Waals surface area contributed by atoms with Crippen LogP contribution in [0.5, 0.6) is 57.5 Å². The smallest absolute Gasteiger partial charge is 0.336 e. The minimum Gasteiger partial charge on any atom is -0.489 e. The van der Waals surface area contributed by atoms with Gasteiger partial charge in [-0.05, 0) is 226 Å². The zero-order valence-corrected chi connectivity index (χ0v) is 82.8. The molecular formula is C110H134O25. The van der Waals surface area contributed by atoms with Crippen LogP contribution in [0.15, 0.2) is 94.6 Å². The maximum atomic E-state index is 12.3. The highest BCUT2D eigenvalue weighted by atomic mass is 16.5. The number of fused-ring (bicyclic) bond motifs is 30. The maximum Gasteiger partial charge on any atom is 0.336 e. The van der Waals surface area contributed by atoms with E-state index in [4.69, 9.17) is 69.5 Å². The summed E-state index contributed by atoms with van der Waals surface area (Å²) in [6.45, 7) is 50.0. The van der Waals surface area contributed by atoms with Crippen molar-refractivity contribution in [3.63, 3.8) is 0 Å². The average Bonchev–Trinajstić information content (AvgIpc) is 0.737. The Morgan fingerprint density at radius 3 is 0.696 bits per heavy atom. The van der Waals surface area contributed by atoms with Crippen LogP contribution < -0.4 is 75.5 Å². The first-order valence-corrected chi connectivity index (χ1v) is 48.7. The van der Waals surface area contributed by atoms with Gasteiger partial charge >= 0.3 is 28.1 Å². The van der Waals surface area contributed by atoms with Crippen molar-refractivity contribution in [2.45, 2.75) is 352 Å². The summed E-state index contributed by atoms with van der Waals surface area (Å²) in [4.78, 5) is 61.4. The summed E-state index contributed by atoms with van der Waals surface area (Å²) in [5, 5.41) is 59.0. The van der Waals surface area contributed by atoms with Gasteiger partial charge in [-0.15, -0.1) is 0 Å². The van der Waals surface area contributed by atoms with Gasteiger partial charge in [0, 0.05) is 71.0 Å². The van der Waals surface area contributed by atoms with Gasteiger partial charge in [-0.2, -0.15) is 0 Å². The molecular weight excluding hydrogens is 1720 g/mol. The molecule has 25 nitrogen and oxygen atoms in total. The number of hydrogen-bond donors (Lipinski definition) is 5. The molecule has 15 atom stereocenters. The second kappa shape index (κ2) is 36.6. The van der Waals surface area contributed by atoms with E-state index >= 15 is 0 Å². The molecule has 15 heterocycles. The lowest BCUT2D eigenvalue weighted by atomic mass is 9.83. The summed E-state index contributed by atoms with van der Waals surface area (Å²) in [6.07, 6.45) is 18.8. The lowest BCUT2D eigenvalue weighted by Crippen LogP contribution is -2.36. The normalized spacial score (nSPS) is 25.7. The Labute approximate surface area is 787 Å². The monoisotopic (exact) mass is 1850 g/mol. The molecule has 20 rings (SSSR count). The minimum absolute atomic E-state index is 0.0974. The van der Waals surface area contributed by atoms with Crippen molar-refractivity contribution in [2.75, 3.05) is 0 Å². The molecule has 0 fully saturated rings. The van der Waals surface area contributed by atoms with Crippen molar-refractivity contribution in [1.82, 2.24) is 0 Å². The largest absolute Gasteiger partial charge is 0.489 e. The number of aliphatic hydroxyl groups is 5. The highest BCUT2D eigenvalue weighted by molar-refractivity contribution is 6.01. The fraction of sp³-hybridized carbons (Fsp3) is 0.536. The third-order valence-corrected chi connectivity index (χ3v) is 28.9. The summed E-state index contributed by atoms with van der Waals surface area (Å²) in [5.41, 5.74) is 9.61. The number of aryl methyl sites for hydroxylation is 5. The molecule has 0 aliphatic carbocycles. The van der Waals surface area contributed by atoms with E-state index in [0.717, 1.165) is 184 Å². The van der Waals surface area contributed by atoms with Crippen molar-refractivity contribution in [1.29, 1.82) is 0 Å². The van der Waals surface area contributed by atoms with Crippen LogP contribution in [0.2, 0.25) is 0 Å². The van der Waals surface area contributed by atoms with Crippen LogP contribution in [0.3, 0.4) is 0 Å². The van der Waals surface area contributed by atoms with Gasteiger partial charge in [-0.25, -0.2) is 24.0 Å². The quantitative estimate of drug-likeness (QED) is 0.0794. The van der Waals surface area contributed by atoms with Gasteiger partial charge in [0.15, 0.2) is 27.9 Å². The molecule has 10 aliphatic heterocycles. The average molecular weight is 1860 g/mol. The van der Waals surface area contributed by atoms with Crippen LogP contribution in [-0.2, 0) is 44.9 Å². The summed E-state index contributed by atoms with van der Waals surface area (Å²) < 4.78 is 90.9. The molecule has 10 aliphatic rings. The maximum absolute atomic E-state index is 12.3. The molecule has 10 aromatic rings. The Kier molecular flexibility index (Phi) is 26.4. The second-order valence-corrected chi connectivity index (χ2v) is 41.8. The van der Waals surface area contributed by atoms with Crippen molar-refractivity contribution >= 4 is 73.1 Å². The van der Waals surface area contributed by atoms with Crippen LogP contribution >= 0.6 is 0 Å². The first-order chi connectivity index (χ1) is 63.7. The second-order valence-electron chi connectivity index (χ2n) is 41.8. The molecule has 0 unspecified atom stereocenters. The Morgan fingerprint density at radius 1 is 0.281 bits per heavy atom. The molecule has 0 saturated heterocycles. The summed E-state index contributed by atoms with van der Waals surface area (Å²) in [7, 11) is 0. The zero-order chi connectivity index (χ0) is 97.5. The zero-order valence-electron chi connectivity index (χ0n) is 82.8. The van der Waals surface area contributed by atoms with Crippen molar-refractivity contribution in [2.24, 2.45) is 29.6 Å². The first kappa shape index (κ1) is 97.3. The molecule has 0 bridgehead atoms. The molecule has 0 radical (unpaired) electrons. The Bertz CT molecular complexity index is 6230. The Morgan fingerprint density at radius 2 is 0.481 bits per heavy atom. The molecule has 724 valence electrons. The SMILES string of the molecule is CCCc1cc(=O)oc2c3c(c4c(c12)OC(C)(C)C=C4)O[C@@H](C)[C@H](C)[C@@H]3O.CCCc1cc(=O)oc2c3c(c4c(c12)OC(C)(C)C=C4)O[C@H](C)[C@@H](C)[C@@H]3O.CCCc1cc(=O)oc2c3c(c4c(c12)OC(C)(C)C=C4)O[C@H](C)[C@@H](C)[C@H]3O.CCCc1cc(=O)oc2c3c(c4c(c12)OC(C)(C)CC4)O[C@H](C)[C@@H](C)[C@@H]3O.CCCc1cc(=O)oc2c3c(c4c(c12)OC(C)(C)CC4)O[C@H](C)[C@@H](C)[C@H]3O.